The number of phenols is 1. The summed E-state index contributed by atoms with van der Waals surface area (Å²) in [5.74, 6) is -1.71. The summed E-state index contributed by atoms with van der Waals surface area (Å²) >= 11 is 0. The fourth-order valence-electron chi connectivity index (χ4n) is 4.75. The number of carbonyl (C=O) groups is 2. The Balaban J connectivity index is 1.50. The zero-order valence-electron chi connectivity index (χ0n) is 23.9. The number of hydrogen-bond acceptors (Lipinski definition) is 6. The molecule has 0 saturated heterocycles. The average Bonchev–Trinajstić information content (AvgIpc) is 3.03. The molecule has 4 aromatic carbocycles. The Kier molecular flexibility index (Phi) is 10.8. The van der Waals surface area contributed by atoms with Crippen LogP contribution in [0.1, 0.15) is 35.4 Å². The van der Waals surface area contributed by atoms with Gasteiger partial charge in [0.25, 0.3) is 0 Å². The van der Waals surface area contributed by atoms with Crippen molar-refractivity contribution in [1.82, 2.24) is 10.6 Å². The predicted octanol–water partition coefficient (Wildman–Crippen LogP) is 3.65. The molecule has 1 unspecified atom stereocenters. The fourth-order valence-corrected chi connectivity index (χ4v) is 4.75. The second kappa shape index (κ2) is 15.1. The Hall–Kier alpha value is -5.55. The van der Waals surface area contributed by atoms with Crippen LogP contribution < -0.4 is 22.1 Å². The maximum Gasteiger partial charge on any atom is 0.242 e. The molecule has 4 rings (SSSR count). The number of aromatic hydroxyl groups is 1. The Bertz CT molecular complexity index is 1540. The van der Waals surface area contributed by atoms with Crippen molar-refractivity contribution in [1.29, 1.82) is 0 Å². The maximum absolute atomic E-state index is 13.8. The highest BCUT2D eigenvalue weighted by molar-refractivity contribution is 5.92. The second-order valence-corrected chi connectivity index (χ2v) is 10.2. The summed E-state index contributed by atoms with van der Waals surface area (Å²) in [5, 5.41) is 28.2. The highest BCUT2D eigenvalue weighted by Gasteiger charge is 2.28. The van der Waals surface area contributed by atoms with Gasteiger partial charge in [-0.05, 0) is 52.8 Å². The number of rotatable bonds is 13. The van der Waals surface area contributed by atoms with Crippen molar-refractivity contribution >= 4 is 17.6 Å². The number of carbonyl (C=O) groups excluding carboxylic acids is 2. The lowest BCUT2D eigenvalue weighted by Gasteiger charge is -2.24. The van der Waals surface area contributed by atoms with E-state index >= 15 is 0 Å². The van der Waals surface area contributed by atoms with Crippen molar-refractivity contribution in [3.05, 3.63) is 136 Å². The normalized spacial score (nSPS) is 12.7. The van der Waals surface area contributed by atoms with Gasteiger partial charge in [-0.15, -0.1) is 0 Å². The van der Waals surface area contributed by atoms with Gasteiger partial charge in [0, 0.05) is 6.54 Å². The van der Waals surface area contributed by atoms with Crippen molar-refractivity contribution in [2.24, 2.45) is 16.6 Å². The highest BCUT2D eigenvalue weighted by atomic mass is 16.7. The summed E-state index contributed by atoms with van der Waals surface area (Å²) < 4.78 is 0. The van der Waals surface area contributed by atoms with Crippen LogP contribution in [-0.2, 0) is 16.1 Å². The summed E-state index contributed by atoms with van der Waals surface area (Å²) in [4.78, 5) is 38.0. The molecule has 11 nitrogen and oxygen atoms in total. The zero-order valence-corrected chi connectivity index (χ0v) is 23.9. The number of hydrazone groups is 1. The van der Waals surface area contributed by atoms with Gasteiger partial charge in [-0.25, -0.2) is 10.1 Å². The monoisotopic (exact) mass is 594 g/mol. The van der Waals surface area contributed by atoms with E-state index in [-0.39, 0.29) is 36.9 Å². The molecule has 0 radical (unpaired) electrons. The van der Waals surface area contributed by atoms with Gasteiger partial charge in [-0.2, -0.15) is 0 Å². The summed E-state index contributed by atoms with van der Waals surface area (Å²) in [6.07, 6.45) is 0.118. The molecule has 2 amide bonds. The van der Waals surface area contributed by atoms with Crippen LogP contribution in [0, 0.1) is 10.1 Å². The van der Waals surface area contributed by atoms with Gasteiger partial charge in [-0.3, -0.25) is 9.59 Å². The Morgan fingerprint density at radius 3 is 1.84 bits per heavy atom. The van der Waals surface area contributed by atoms with E-state index in [1.807, 2.05) is 97.1 Å². The summed E-state index contributed by atoms with van der Waals surface area (Å²) in [6, 6.07) is 30.9. The first-order valence-corrected chi connectivity index (χ1v) is 14.0. The lowest BCUT2D eigenvalue weighted by molar-refractivity contribution is -0.485. The molecule has 0 aliphatic rings. The molecule has 0 spiro atoms. The van der Waals surface area contributed by atoms with Crippen LogP contribution in [0.15, 0.2) is 114 Å². The van der Waals surface area contributed by atoms with Crippen LogP contribution in [0.3, 0.4) is 0 Å². The van der Waals surface area contributed by atoms with Gasteiger partial charge >= 0.3 is 0 Å². The third kappa shape index (κ3) is 8.73. The SMILES string of the molecule is NC(=N[N+](=O)[O-])C(N)CC[C@H](NC(=O)C(c1ccccc1)c1ccccc1)C(=O)NCc1ccc(-c2ccc(O)cc2)cc1. The zero-order chi connectivity index (χ0) is 31.5. The van der Waals surface area contributed by atoms with E-state index in [0.29, 0.717) is 0 Å². The number of benzene rings is 4. The fraction of sp³-hybridized carbons (Fsp3) is 0.182. The molecule has 0 aromatic heterocycles. The Morgan fingerprint density at radius 1 is 0.795 bits per heavy atom. The molecule has 0 aliphatic carbocycles. The van der Waals surface area contributed by atoms with E-state index < -0.39 is 28.9 Å². The second-order valence-electron chi connectivity index (χ2n) is 10.2. The first kappa shape index (κ1) is 31.4. The van der Waals surface area contributed by atoms with Crippen molar-refractivity contribution in [3.63, 3.8) is 0 Å². The minimum absolute atomic E-state index is 0.0583. The number of hydrogen-bond donors (Lipinski definition) is 5. The van der Waals surface area contributed by atoms with Gasteiger partial charge in [0.05, 0.1) is 17.1 Å². The quantitative estimate of drug-likeness (QED) is 0.0676. The topological polar surface area (TPSA) is 186 Å². The van der Waals surface area contributed by atoms with E-state index in [0.717, 1.165) is 27.8 Å². The maximum atomic E-state index is 13.8. The summed E-state index contributed by atoms with van der Waals surface area (Å²) in [5.41, 5.74) is 15.9. The van der Waals surface area contributed by atoms with Crippen molar-refractivity contribution < 1.29 is 19.7 Å². The third-order valence-electron chi connectivity index (χ3n) is 7.13. The van der Waals surface area contributed by atoms with Gasteiger partial charge in [0.2, 0.25) is 11.8 Å². The molecule has 0 heterocycles. The van der Waals surface area contributed by atoms with E-state index in [1.54, 1.807) is 12.1 Å². The molecule has 226 valence electrons. The lowest BCUT2D eigenvalue weighted by atomic mass is 9.90. The highest BCUT2D eigenvalue weighted by Crippen LogP contribution is 2.25. The van der Waals surface area contributed by atoms with E-state index in [9.17, 15) is 24.8 Å². The van der Waals surface area contributed by atoms with Gasteiger partial charge < -0.3 is 27.2 Å². The van der Waals surface area contributed by atoms with Crippen molar-refractivity contribution in [2.75, 3.05) is 0 Å². The number of nitrogens with two attached hydrogens (primary N) is 2. The van der Waals surface area contributed by atoms with Crippen LogP contribution in [0.25, 0.3) is 11.1 Å². The molecule has 0 bridgehead atoms. The summed E-state index contributed by atoms with van der Waals surface area (Å²) in [7, 11) is 0. The number of nitrogens with one attached hydrogen (secondary N) is 2. The van der Waals surface area contributed by atoms with Crippen LogP contribution in [0.4, 0.5) is 0 Å². The first-order valence-electron chi connectivity index (χ1n) is 14.0. The molecule has 7 N–H and O–H groups in total. The molecular weight excluding hydrogens is 560 g/mol. The molecule has 2 atom stereocenters. The molecule has 0 fully saturated rings. The number of nitro groups is 1. The standard InChI is InChI=1S/C33H34N6O5/c34-28(31(35)38-39(43)44)19-20-29(37-33(42)30(25-7-3-1-4-8-25)26-9-5-2-6-10-26)32(41)36-21-22-11-13-23(14-12-22)24-15-17-27(40)18-16-24/h1-18,28-30,40H,19-21,34H2,(H2,35,38)(H,36,41)(H,37,42)/t28?,29-/m0/s1. The largest absolute Gasteiger partial charge is 0.508 e. The van der Waals surface area contributed by atoms with E-state index in [2.05, 4.69) is 15.7 Å². The van der Waals surface area contributed by atoms with Gasteiger partial charge in [0.1, 0.15) is 11.8 Å². The van der Waals surface area contributed by atoms with Crippen LogP contribution >= 0.6 is 0 Å². The minimum atomic E-state index is -1.01. The smallest absolute Gasteiger partial charge is 0.242 e. The minimum Gasteiger partial charge on any atom is -0.508 e. The number of phenolic OH excluding ortho intramolecular Hbond substituents is 1. The average molecular weight is 595 g/mol. The molecule has 4 aromatic rings. The van der Waals surface area contributed by atoms with Gasteiger partial charge in [0.15, 0.2) is 10.9 Å². The number of amides is 2. The lowest BCUT2D eigenvalue weighted by Crippen LogP contribution is -2.49. The van der Waals surface area contributed by atoms with Crippen LogP contribution in [0.5, 0.6) is 5.75 Å². The Morgan fingerprint density at radius 2 is 1.32 bits per heavy atom. The summed E-state index contributed by atoms with van der Waals surface area (Å²) in [6.45, 7) is 0.193. The molecule has 44 heavy (non-hydrogen) atoms. The molecule has 11 heteroatoms. The molecule has 0 aliphatic heterocycles. The molecule has 0 saturated carbocycles. The number of amidine groups is 1. The van der Waals surface area contributed by atoms with Crippen molar-refractivity contribution in [2.45, 2.75) is 37.4 Å². The van der Waals surface area contributed by atoms with E-state index in [4.69, 9.17) is 11.5 Å². The van der Waals surface area contributed by atoms with E-state index in [1.165, 1.54) is 0 Å². The first-order chi connectivity index (χ1) is 21.2. The number of nitrogens with zero attached hydrogens (tertiary/aromatic N) is 2. The third-order valence-corrected chi connectivity index (χ3v) is 7.13. The Labute approximate surface area is 254 Å². The van der Waals surface area contributed by atoms with Crippen LogP contribution in [-0.4, -0.2) is 39.9 Å². The van der Waals surface area contributed by atoms with Gasteiger partial charge in [-0.1, -0.05) is 97.1 Å². The van der Waals surface area contributed by atoms with Crippen molar-refractivity contribution in [3.8, 4) is 16.9 Å². The predicted molar refractivity (Wildman–Crippen MR) is 168 cm³/mol. The van der Waals surface area contributed by atoms with Crippen LogP contribution in [0.2, 0.25) is 0 Å². The molecular formula is C33H34N6O5.